The largest absolute Gasteiger partial charge is 0.467 e. The van der Waals surface area contributed by atoms with Crippen LogP contribution in [0, 0.1) is 11.3 Å². The first-order valence-electron chi connectivity index (χ1n) is 20.4. The van der Waals surface area contributed by atoms with Gasteiger partial charge in [-0.2, -0.15) is 0 Å². The maximum absolute atomic E-state index is 13.9. The molecule has 4 rings (SSSR count). The summed E-state index contributed by atoms with van der Waals surface area (Å²) in [4.78, 5) is 84.7. The molecule has 4 amide bonds. The number of rotatable bonds is 15. The van der Waals surface area contributed by atoms with Gasteiger partial charge in [-0.25, -0.2) is 4.79 Å². The van der Waals surface area contributed by atoms with Crippen LogP contribution >= 0.6 is 0 Å². The minimum absolute atomic E-state index is 0.0909. The highest BCUT2D eigenvalue weighted by Gasteiger charge is 2.39. The first kappa shape index (κ1) is 44.9. The number of benzene rings is 2. The Morgan fingerprint density at radius 3 is 2.00 bits per heavy atom. The number of methoxy groups -OCH3 is 1. The lowest BCUT2D eigenvalue weighted by Gasteiger charge is -2.39. The Kier molecular flexibility index (Phi) is 15.8. The van der Waals surface area contributed by atoms with Crippen molar-refractivity contribution in [2.75, 3.05) is 20.2 Å². The number of ether oxygens (including phenoxy) is 1. The third-order valence-corrected chi connectivity index (χ3v) is 11.0. The number of hydrogen-bond donors (Lipinski definition) is 3. The van der Waals surface area contributed by atoms with Crippen LogP contribution in [-0.4, -0.2) is 102 Å². The van der Waals surface area contributed by atoms with Gasteiger partial charge >= 0.3 is 5.97 Å². The molecule has 0 aliphatic carbocycles. The standard InChI is InChI=1S/C45H63N5O7/c1-28(2)34(46-42(54)39(45(6,7)8)48-41(53)36-18-13-14-24-49(36)29(3)4)26-30(5)43(55)50-25-15-19-37(50)40(52)47-35(44(56)57-9)27-31-20-22-33(23-21-31)38(51)32-16-11-10-12-17-32/h10-12,16-17,20-23,26,28-29,34-37,39H,13-15,18-19,24-25,27H2,1-9H3,(H,46,54)(H,47,52)(H,48,53)/b30-26+/t34-,35+,36?,37+,39-/m1/s1. The summed E-state index contributed by atoms with van der Waals surface area (Å²) in [5.41, 5.74) is 1.57. The third-order valence-electron chi connectivity index (χ3n) is 11.0. The minimum atomic E-state index is -1.02. The van der Waals surface area contributed by atoms with Gasteiger partial charge in [-0.15, -0.1) is 0 Å². The molecule has 0 bridgehead atoms. The molecule has 2 aliphatic heterocycles. The minimum Gasteiger partial charge on any atom is -0.467 e. The zero-order valence-corrected chi connectivity index (χ0v) is 35.2. The van der Waals surface area contributed by atoms with Gasteiger partial charge in [-0.05, 0) is 69.9 Å². The molecule has 0 radical (unpaired) electrons. The van der Waals surface area contributed by atoms with E-state index in [0.29, 0.717) is 36.1 Å². The molecular formula is C45H63N5O7. The van der Waals surface area contributed by atoms with Gasteiger partial charge in [0.25, 0.3) is 0 Å². The number of esters is 1. The molecule has 57 heavy (non-hydrogen) atoms. The lowest BCUT2D eigenvalue weighted by atomic mass is 9.85. The Hall–Kier alpha value is -4.84. The second-order valence-corrected chi connectivity index (χ2v) is 17.1. The summed E-state index contributed by atoms with van der Waals surface area (Å²) in [6, 6.07) is 12.6. The van der Waals surface area contributed by atoms with Gasteiger partial charge in [0.15, 0.2) is 5.78 Å². The number of piperidine rings is 1. The molecule has 2 saturated heterocycles. The number of carbonyl (C=O) groups is 6. The Bertz CT molecular complexity index is 1770. The average Bonchev–Trinajstić information content (AvgIpc) is 3.69. The van der Waals surface area contributed by atoms with E-state index in [9.17, 15) is 28.8 Å². The highest BCUT2D eigenvalue weighted by Crippen LogP contribution is 2.25. The molecule has 2 fully saturated rings. The molecule has 2 heterocycles. The lowest BCUT2D eigenvalue weighted by molar-refractivity contribution is -0.146. The van der Waals surface area contributed by atoms with E-state index in [2.05, 4.69) is 34.7 Å². The van der Waals surface area contributed by atoms with Gasteiger partial charge < -0.3 is 25.6 Å². The van der Waals surface area contributed by atoms with Crippen LogP contribution in [0.1, 0.15) is 109 Å². The Balaban J connectivity index is 1.43. The summed E-state index contributed by atoms with van der Waals surface area (Å²) < 4.78 is 5.02. The number of likely N-dealkylation sites (tertiary alicyclic amines) is 2. The SMILES string of the molecule is COC(=O)[C@H](Cc1ccc(C(=O)c2ccccc2)cc1)NC(=O)[C@@H]1CCCN1C(=O)/C(C)=C/[C@@H](NC(=O)[C@@H](NC(=O)C1CCCCN1C(C)C)C(C)(C)C)C(C)C. The van der Waals surface area contributed by atoms with Crippen LogP contribution in [0.15, 0.2) is 66.2 Å². The van der Waals surface area contributed by atoms with Gasteiger partial charge in [0.1, 0.15) is 18.1 Å². The number of amides is 4. The molecule has 2 aliphatic rings. The summed E-state index contributed by atoms with van der Waals surface area (Å²) in [7, 11) is 1.25. The lowest BCUT2D eigenvalue weighted by Crippen LogP contribution is -2.60. The summed E-state index contributed by atoms with van der Waals surface area (Å²) >= 11 is 0. The van der Waals surface area contributed by atoms with Gasteiger partial charge in [0.2, 0.25) is 23.6 Å². The van der Waals surface area contributed by atoms with Crippen LogP contribution in [0.5, 0.6) is 0 Å². The highest BCUT2D eigenvalue weighted by molar-refractivity contribution is 6.09. The molecule has 5 atom stereocenters. The third kappa shape index (κ3) is 11.8. The molecule has 1 unspecified atom stereocenters. The van der Waals surface area contributed by atoms with Crippen molar-refractivity contribution < 1.29 is 33.5 Å². The molecule has 0 saturated carbocycles. The van der Waals surface area contributed by atoms with Crippen molar-refractivity contribution in [1.82, 2.24) is 25.8 Å². The molecule has 2 aromatic carbocycles. The zero-order chi connectivity index (χ0) is 42.0. The van der Waals surface area contributed by atoms with Crippen LogP contribution in [0.4, 0.5) is 0 Å². The van der Waals surface area contributed by atoms with Crippen molar-refractivity contribution in [2.45, 2.75) is 130 Å². The van der Waals surface area contributed by atoms with Crippen molar-refractivity contribution >= 4 is 35.4 Å². The summed E-state index contributed by atoms with van der Waals surface area (Å²) in [6.07, 6.45) is 5.61. The fraction of sp³-hybridized carbons (Fsp3) is 0.556. The normalized spacial score (nSPS) is 19.4. The Morgan fingerprint density at radius 2 is 1.40 bits per heavy atom. The van der Waals surface area contributed by atoms with E-state index in [1.54, 1.807) is 61.5 Å². The fourth-order valence-electron chi connectivity index (χ4n) is 7.65. The van der Waals surface area contributed by atoms with E-state index < -0.39 is 41.5 Å². The van der Waals surface area contributed by atoms with Gasteiger partial charge in [-0.1, -0.05) is 102 Å². The van der Waals surface area contributed by atoms with E-state index in [1.165, 1.54) is 12.0 Å². The molecule has 0 spiro atoms. The molecular weight excluding hydrogens is 723 g/mol. The van der Waals surface area contributed by atoms with Gasteiger partial charge in [0.05, 0.1) is 19.2 Å². The fourth-order valence-corrected chi connectivity index (χ4v) is 7.65. The number of ketones is 1. The molecule has 0 aromatic heterocycles. The van der Waals surface area contributed by atoms with Crippen LogP contribution < -0.4 is 16.0 Å². The van der Waals surface area contributed by atoms with Crippen molar-refractivity contribution in [3.63, 3.8) is 0 Å². The monoisotopic (exact) mass is 785 g/mol. The highest BCUT2D eigenvalue weighted by atomic mass is 16.5. The Labute approximate surface area is 338 Å². The quantitative estimate of drug-likeness (QED) is 0.130. The van der Waals surface area contributed by atoms with E-state index in [4.69, 9.17) is 4.74 Å². The molecule has 12 heteroatoms. The van der Waals surface area contributed by atoms with Gasteiger partial charge in [0, 0.05) is 35.7 Å². The van der Waals surface area contributed by atoms with Crippen molar-refractivity contribution in [3.05, 3.63) is 82.9 Å². The van der Waals surface area contributed by atoms with Crippen molar-refractivity contribution in [2.24, 2.45) is 11.3 Å². The van der Waals surface area contributed by atoms with E-state index >= 15 is 0 Å². The molecule has 12 nitrogen and oxygen atoms in total. The van der Waals surface area contributed by atoms with Crippen molar-refractivity contribution in [3.8, 4) is 0 Å². The van der Waals surface area contributed by atoms with Crippen molar-refractivity contribution in [1.29, 1.82) is 0 Å². The molecule has 3 N–H and O–H groups in total. The van der Waals surface area contributed by atoms with Crippen LogP contribution in [0.3, 0.4) is 0 Å². The predicted octanol–water partition coefficient (Wildman–Crippen LogP) is 4.99. The number of nitrogens with one attached hydrogen (secondary N) is 3. The van der Waals surface area contributed by atoms with Crippen LogP contribution in [-0.2, 0) is 35.1 Å². The maximum atomic E-state index is 13.9. The zero-order valence-electron chi connectivity index (χ0n) is 35.2. The summed E-state index contributed by atoms with van der Waals surface area (Å²) in [5.74, 6) is -2.13. The molecule has 310 valence electrons. The first-order chi connectivity index (χ1) is 26.9. The number of hydrogen-bond acceptors (Lipinski definition) is 8. The Morgan fingerprint density at radius 1 is 0.789 bits per heavy atom. The predicted molar refractivity (Wildman–Crippen MR) is 220 cm³/mol. The number of nitrogens with zero attached hydrogens (tertiary/aromatic N) is 2. The second kappa shape index (κ2) is 20.0. The summed E-state index contributed by atoms with van der Waals surface area (Å²) in [5, 5.41) is 8.99. The molecule has 2 aromatic rings. The van der Waals surface area contributed by atoms with E-state index in [1.807, 2.05) is 40.7 Å². The first-order valence-corrected chi connectivity index (χ1v) is 20.4. The topological polar surface area (TPSA) is 154 Å². The van der Waals surface area contributed by atoms with E-state index in [-0.39, 0.29) is 47.9 Å². The maximum Gasteiger partial charge on any atom is 0.328 e. The smallest absolute Gasteiger partial charge is 0.328 e. The second-order valence-electron chi connectivity index (χ2n) is 17.1. The van der Waals surface area contributed by atoms with Gasteiger partial charge in [-0.3, -0.25) is 28.9 Å². The number of carbonyl (C=O) groups excluding carboxylic acids is 6. The van der Waals surface area contributed by atoms with Crippen LogP contribution in [0.2, 0.25) is 0 Å². The van der Waals surface area contributed by atoms with E-state index in [0.717, 1.165) is 31.4 Å². The average molecular weight is 786 g/mol. The summed E-state index contributed by atoms with van der Waals surface area (Å²) in [6.45, 7) is 16.7. The van der Waals surface area contributed by atoms with Crippen LogP contribution in [0.25, 0.3) is 0 Å².